The van der Waals surface area contributed by atoms with E-state index in [0.717, 1.165) is 28.6 Å². The summed E-state index contributed by atoms with van der Waals surface area (Å²) < 4.78 is 5.87. The van der Waals surface area contributed by atoms with Gasteiger partial charge in [-0.3, -0.25) is 29.2 Å². The highest BCUT2D eigenvalue weighted by molar-refractivity contribution is 5.91. The minimum absolute atomic E-state index is 0.145. The number of likely N-dealkylation sites (N-methyl/N-ethyl adjacent to an activating group) is 1. The van der Waals surface area contributed by atoms with Crippen LogP contribution in [0.2, 0.25) is 0 Å². The molecule has 1 aromatic heterocycles. The summed E-state index contributed by atoms with van der Waals surface area (Å²) in [5.74, 6) is -1.87. The number of ether oxygens (including phenoxy) is 1. The molecule has 232 valence electrons. The van der Waals surface area contributed by atoms with E-state index in [1.165, 1.54) is 5.01 Å². The van der Waals surface area contributed by atoms with Crippen molar-refractivity contribution in [2.24, 2.45) is 11.3 Å². The Labute approximate surface area is 254 Å². The zero-order valence-corrected chi connectivity index (χ0v) is 26.3. The summed E-state index contributed by atoms with van der Waals surface area (Å²) in [6.07, 6.45) is 5.10. The van der Waals surface area contributed by atoms with E-state index in [4.69, 9.17) is 9.72 Å². The fourth-order valence-electron chi connectivity index (χ4n) is 5.63. The number of nitrogens with zero attached hydrogens (tertiary/aromatic N) is 3. The Morgan fingerprint density at radius 2 is 1.81 bits per heavy atom. The Balaban J connectivity index is 1.77. The summed E-state index contributed by atoms with van der Waals surface area (Å²) in [4.78, 5) is 60.4. The van der Waals surface area contributed by atoms with E-state index in [1.54, 1.807) is 32.7 Å². The maximum atomic E-state index is 13.6. The molecule has 3 amide bonds. The zero-order chi connectivity index (χ0) is 31.5. The van der Waals surface area contributed by atoms with Crippen LogP contribution in [0.3, 0.4) is 0 Å². The number of hydrazine groups is 1. The molecule has 0 saturated carbocycles. The van der Waals surface area contributed by atoms with Crippen LogP contribution in [0, 0.1) is 11.3 Å². The van der Waals surface area contributed by atoms with E-state index in [2.05, 4.69) is 10.7 Å². The average Bonchev–Trinajstić information content (AvgIpc) is 3.00. The molecule has 3 heterocycles. The molecule has 5 bridgehead atoms. The van der Waals surface area contributed by atoms with Gasteiger partial charge in [0.05, 0.1) is 22.7 Å². The molecule has 2 aliphatic heterocycles. The van der Waals surface area contributed by atoms with Crippen LogP contribution in [0.1, 0.15) is 84.5 Å². The van der Waals surface area contributed by atoms with Crippen LogP contribution >= 0.6 is 0 Å². The van der Waals surface area contributed by atoms with Crippen LogP contribution in [0.25, 0.3) is 17.0 Å². The van der Waals surface area contributed by atoms with Crippen molar-refractivity contribution >= 4 is 40.7 Å². The molecule has 2 N–H and O–H groups in total. The molecular formula is C33H45N5O5. The number of hydrogen-bond donors (Lipinski definition) is 2. The van der Waals surface area contributed by atoms with Crippen molar-refractivity contribution in [3.05, 3.63) is 47.7 Å². The first-order valence-electron chi connectivity index (χ1n) is 15.3. The smallest absolute Gasteiger partial charge is 0.316 e. The summed E-state index contributed by atoms with van der Waals surface area (Å²) in [6, 6.07) is 8.02. The molecule has 1 aromatic carbocycles. The van der Waals surface area contributed by atoms with Crippen molar-refractivity contribution < 1.29 is 23.9 Å². The molecule has 43 heavy (non-hydrogen) atoms. The van der Waals surface area contributed by atoms with Crippen LogP contribution in [0.15, 0.2) is 36.4 Å². The predicted molar refractivity (Wildman–Crippen MR) is 165 cm³/mol. The number of cyclic esters (lactones) is 1. The van der Waals surface area contributed by atoms with Gasteiger partial charge >= 0.3 is 5.97 Å². The Kier molecular flexibility index (Phi) is 9.89. The third-order valence-corrected chi connectivity index (χ3v) is 8.55. The van der Waals surface area contributed by atoms with E-state index in [1.807, 2.05) is 63.3 Å². The van der Waals surface area contributed by atoms with Gasteiger partial charge in [0.25, 0.3) is 11.8 Å². The average molecular weight is 592 g/mol. The summed E-state index contributed by atoms with van der Waals surface area (Å²) >= 11 is 0. The fourth-order valence-corrected chi connectivity index (χ4v) is 5.63. The van der Waals surface area contributed by atoms with Gasteiger partial charge in [-0.1, -0.05) is 57.5 Å². The summed E-state index contributed by atoms with van der Waals surface area (Å²) in [5, 5.41) is 5.11. The van der Waals surface area contributed by atoms with Crippen molar-refractivity contribution in [3.63, 3.8) is 0 Å². The number of rotatable bonds is 3. The number of carbonyl (C=O) groups is 4. The highest BCUT2D eigenvalue weighted by Crippen LogP contribution is 2.30. The second kappa shape index (κ2) is 13.2. The van der Waals surface area contributed by atoms with Crippen molar-refractivity contribution in [1.82, 2.24) is 25.6 Å². The van der Waals surface area contributed by atoms with Gasteiger partial charge < -0.3 is 15.0 Å². The molecule has 0 spiro atoms. The Morgan fingerprint density at radius 3 is 2.51 bits per heavy atom. The summed E-state index contributed by atoms with van der Waals surface area (Å²) in [6.45, 7) is 11.3. The Hall–Kier alpha value is -3.79. The highest BCUT2D eigenvalue weighted by Gasteiger charge is 2.38. The van der Waals surface area contributed by atoms with Crippen molar-refractivity contribution in [2.75, 3.05) is 13.6 Å². The first-order valence-corrected chi connectivity index (χ1v) is 15.3. The van der Waals surface area contributed by atoms with E-state index < -0.39 is 35.5 Å². The highest BCUT2D eigenvalue weighted by atomic mass is 16.5. The maximum Gasteiger partial charge on any atom is 0.316 e. The number of benzene rings is 1. The molecule has 1 saturated heterocycles. The van der Waals surface area contributed by atoms with Crippen LogP contribution in [-0.4, -0.2) is 70.4 Å². The largest absolute Gasteiger partial charge is 0.451 e. The van der Waals surface area contributed by atoms with Crippen molar-refractivity contribution in [2.45, 2.75) is 91.5 Å². The van der Waals surface area contributed by atoms with Crippen molar-refractivity contribution in [1.29, 1.82) is 0 Å². The molecule has 0 unspecified atom stereocenters. The third kappa shape index (κ3) is 7.06. The van der Waals surface area contributed by atoms with Gasteiger partial charge in [0, 0.05) is 19.0 Å². The number of esters is 1. The summed E-state index contributed by atoms with van der Waals surface area (Å²) in [5.41, 5.74) is 4.50. The van der Waals surface area contributed by atoms with Gasteiger partial charge in [-0.15, -0.1) is 0 Å². The molecule has 0 radical (unpaired) electrons. The molecule has 2 aliphatic rings. The first kappa shape index (κ1) is 32.1. The number of carbonyl (C=O) groups excluding carboxylic acids is 4. The van der Waals surface area contributed by atoms with Gasteiger partial charge in [-0.2, -0.15) is 0 Å². The molecule has 10 nitrogen and oxygen atoms in total. The Morgan fingerprint density at radius 1 is 1.09 bits per heavy atom. The lowest BCUT2D eigenvalue weighted by Gasteiger charge is -2.37. The lowest BCUT2D eigenvalue weighted by atomic mass is 9.84. The van der Waals surface area contributed by atoms with Crippen molar-refractivity contribution in [3.8, 4) is 0 Å². The van der Waals surface area contributed by atoms with Gasteiger partial charge in [0.15, 0.2) is 6.10 Å². The second-order valence-corrected chi connectivity index (χ2v) is 12.4. The van der Waals surface area contributed by atoms with Gasteiger partial charge in [0.1, 0.15) is 12.1 Å². The second-order valence-electron chi connectivity index (χ2n) is 12.4. The number of nitrogens with one attached hydrogen (secondary N) is 2. The quantitative estimate of drug-likeness (QED) is 0.515. The molecule has 10 heteroatoms. The third-order valence-electron chi connectivity index (χ3n) is 8.55. The number of aromatic nitrogens is 1. The lowest BCUT2D eigenvalue weighted by molar-refractivity contribution is -0.166. The molecule has 1 fully saturated rings. The van der Waals surface area contributed by atoms with E-state index in [9.17, 15) is 19.2 Å². The number of fused-ring (bicyclic) bond motifs is 4. The van der Waals surface area contributed by atoms with Crippen LogP contribution in [0.5, 0.6) is 0 Å². The van der Waals surface area contributed by atoms with E-state index in [0.29, 0.717) is 25.8 Å². The molecule has 2 aromatic rings. The van der Waals surface area contributed by atoms with E-state index in [-0.39, 0.29) is 23.8 Å². The van der Waals surface area contributed by atoms with Crippen LogP contribution in [0.4, 0.5) is 0 Å². The van der Waals surface area contributed by atoms with Gasteiger partial charge in [-0.05, 0) is 63.6 Å². The minimum atomic E-state index is -1.08. The zero-order valence-electron chi connectivity index (χ0n) is 26.3. The molecule has 0 aliphatic carbocycles. The van der Waals surface area contributed by atoms with Crippen LogP contribution in [-0.2, 0) is 23.9 Å². The fraction of sp³-hybridized carbons (Fsp3) is 0.545. The lowest BCUT2D eigenvalue weighted by Crippen LogP contribution is -2.61. The SMILES string of the molecule is CCC[C@@]1(C)/C=C/c2ccc3ccc(nc3c2)[C@@H](C)N(C)C(=O)[C@@H]2CCCN(N2)C(=O)[C@H](C)NC(=O)[C@H](C(C)C)OC1=O. The molecule has 4 rings (SSSR count). The van der Waals surface area contributed by atoms with Crippen LogP contribution < -0.4 is 10.7 Å². The number of pyridine rings is 1. The van der Waals surface area contributed by atoms with Gasteiger partial charge in [-0.25, -0.2) is 5.43 Å². The first-order chi connectivity index (χ1) is 20.3. The normalized spacial score (nSPS) is 28.7. The summed E-state index contributed by atoms with van der Waals surface area (Å²) in [7, 11) is 1.75. The van der Waals surface area contributed by atoms with Gasteiger partial charge in [0.2, 0.25) is 5.91 Å². The standard InChI is InChI=1S/C33H45N5O5/c1-8-16-33(6)17-15-23-11-12-24-13-14-25(35-27(24)19-23)22(5)37(7)31(41)26-10-9-18-38(36-26)30(40)21(4)34-29(39)28(20(2)3)43-32(33)42/h11-15,17,19-22,26,28,36H,8-10,16,18H2,1-7H3,(H,34,39)/b17-15+/t21-,22+,26-,28-,33-/m0/s1. The molecular weight excluding hydrogens is 546 g/mol. The topological polar surface area (TPSA) is 121 Å². The minimum Gasteiger partial charge on any atom is -0.451 e. The van der Waals surface area contributed by atoms with E-state index >= 15 is 0 Å². The monoisotopic (exact) mass is 591 g/mol. The predicted octanol–water partition coefficient (Wildman–Crippen LogP) is 4.16. The maximum absolute atomic E-state index is 13.6. The number of hydrogen-bond acceptors (Lipinski definition) is 7. The molecule has 5 atom stereocenters. The Bertz CT molecular complexity index is 1410. The number of amides is 3.